The van der Waals surface area contributed by atoms with E-state index in [2.05, 4.69) is 66.0 Å². The first-order valence-electron chi connectivity index (χ1n) is 11.3. The fraction of sp³-hybridized carbons (Fsp3) is 0.308. The average Bonchev–Trinajstić information content (AvgIpc) is 3.29. The molecular formula is C26H29N5O2S. The van der Waals surface area contributed by atoms with Gasteiger partial charge in [-0.2, -0.15) is 0 Å². The molecule has 7 nitrogen and oxygen atoms in total. The van der Waals surface area contributed by atoms with E-state index >= 15 is 0 Å². The number of thiocarbonyl (C=S) groups is 1. The second-order valence-corrected chi connectivity index (χ2v) is 9.67. The number of carbonyl (C=O) groups excluding carboxylic acids is 1. The second-order valence-electron chi connectivity index (χ2n) is 9.26. The summed E-state index contributed by atoms with van der Waals surface area (Å²) in [7, 11) is 0. The van der Waals surface area contributed by atoms with Crippen LogP contribution in [-0.2, 0) is 14.9 Å². The molecular weight excluding hydrogens is 446 g/mol. The Bertz CT molecular complexity index is 1250. The van der Waals surface area contributed by atoms with Crippen molar-refractivity contribution in [3.63, 3.8) is 0 Å². The molecule has 0 spiro atoms. The Hall–Kier alpha value is -3.52. The summed E-state index contributed by atoms with van der Waals surface area (Å²) < 4.78 is 7.02. The highest BCUT2D eigenvalue weighted by molar-refractivity contribution is 7.80. The normalized spacial score (nSPS) is 16.1. The molecule has 8 heteroatoms. The molecule has 0 saturated heterocycles. The standard InChI is InChI=1S/C26H29N5O2S/c1-6-33-24(32)22-16(2)27-25(34)28-23(22)18-8-7-9-20(14-18)31-15-21(29-30-31)17-10-12-19(13-11-17)26(3,4)5/h7-15,23H,6H2,1-5H3,(H2,27,28,34). The number of nitrogens with one attached hydrogen (secondary N) is 2. The summed E-state index contributed by atoms with van der Waals surface area (Å²) in [5.41, 5.74) is 6.04. The largest absolute Gasteiger partial charge is 0.463 e. The Balaban J connectivity index is 1.64. The third-order valence-electron chi connectivity index (χ3n) is 5.77. The second kappa shape index (κ2) is 9.38. The number of aromatic nitrogens is 3. The van der Waals surface area contributed by atoms with E-state index in [0.29, 0.717) is 23.0 Å². The first-order chi connectivity index (χ1) is 16.2. The predicted octanol–water partition coefficient (Wildman–Crippen LogP) is 4.59. The van der Waals surface area contributed by atoms with Crippen LogP contribution in [0.3, 0.4) is 0 Å². The smallest absolute Gasteiger partial charge is 0.338 e. The molecule has 2 aromatic carbocycles. The molecule has 3 aromatic rings. The number of carbonyl (C=O) groups is 1. The number of benzene rings is 2. The van der Waals surface area contributed by atoms with Gasteiger partial charge in [-0.3, -0.25) is 0 Å². The number of allylic oxidation sites excluding steroid dienone is 1. The van der Waals surface area contributed by atoms with Gasteiger partial charge in [0, 0.05) is 11.3 Å². The van der Waals surface area contributed by atoms with Crippen LogP contribution in [0.15, 0.2) is 66.0 Å². The molecule has 1 aromatic heterocycles. The van der Waals surface area contributed by atoms with Gasteiger partial charge < -0.3 is 15.4 Å². The molecule has 0 aliphatic carbocycles. The van der Waals surface area contributed by atoms with Crippen molar-refractivity contribution in [2.45, 2.75) is 46.1 Å². The minimum atomic E-state index is -0.430. The number of rotatable bonds is 5. The average molecular weight is 476 g/mol. The van der Waals surface area contributed by atoms with Crippen LogP contribution in [0.1, 0.15) is 51.8 Å². The molecule has 0 radical (unpaired) electrons. The maximum absolute atomic E-state index is 12.7. The van der Waals surface area contributed by atoms with Crippen LogP contribution in [-0.4, -0.2) is 32.7 Å². The summed E-state index contributed by atoms with van der Waals surface area (Å²) >= 11 is 5.34. The molecule has 4 rings (SSSR count). The van der Waals surface area contributed by atoms with Gasteiger partial charge in [-0.1, -0.05) is 62.4 Å². The predicted molar refractivity (Wildman–Crippen MR) is 136 cm³/mol. The number of hydrogen-bond donors (Lipinski definition) is 2. The summed E-state index contributed by atoms with van der Waals surface area (Å²) in [6.45, 7) is 10.5. The first-order valence-corrected chi connectivity index (χ1v) is 11.7. The highest BCUT2D eigenvalue weighted by Gasteiger charge is 2.31. The van der Waals surface area contributed by atoms with Crippen LogP contribution in [0, 0.1) is 0 Å². The van der Waals surface area contributed by atoms with Gasteiger partial charge in [-0.15, -0.1) is 5.10 Å². The fourth-order valence-corrected chi connectivity index (χ4v) is 4.20. The SMILES string of the molecule is CCOC(=O)C1=C(C)NC(=S)NC1c1cccc(-n2cc(-c3ccc(C(C)(C)C)cc3)nn2)c1. The van der Waals surface area contributed by atoms with Gasteiger partial charge >= 0.3 is 5.97 Å². The van der Waals surface area contributed by atoms with Crippen LogP contribution in [0.2, 0.25) is 0 Å². The third kappa shape index (κ3) is 4.87. The van der Waals surface area contributed by atoms with Gasteiger partial charge in [0.25, 0.3) is 0 Å². The van der Waals surface area contributed by atoms with E-state index in [-0.39, 0.29) is 11.4 Å². The lowest BCUT2D eigenvalue weighted by atomic mass is 9.86. The summed E-state index contributed by atoms with van der Waals surface area (Å²) in [5, 5.41) is 15.4. The first kappa shape index (κ1) is 23.6. The van der Waals surface area contributed by atoms with Crippen LogP contribution in [0.25, 0.3) is 16.9 Å². The third-order valence-corrected chi connectivity index (χ3v) is 5.99. The topological polar surface area (TPSA) is 81.1 Å². The summed E-state index contributed by atoms with van der Waals surface area (Å²) in [4.78, 5) is 12.7. The van der Waals surface area contributed by atoms with E-state index in [1.54, 1.807) is 11.6 Å². The highest BCUT2D eigenvalue weighted by Crippen LogP contribution is 2.29. The van der Waals surface area contributed by atoms with Gasteiger partial charge in [0.2, 0.25) is 0 Å². The molecule has 34 heavy (non-hydrogen) atoms. The van der Waals surface area contributed by atoms with Crippen LogP contribution in [0.4, 0.5) is 0 Å². The van der Waals surface area contributed by atoms with Crippen molar-refractivity contribution >= 4 is 23.3 Å². The van der Waals surface area contributed by atoms with E-state index in [1.807, 2.05) is 37.4 Å². The summed E-state index contributed by atoms with van der Waals surface area (Å²) in [6.07, 6.45) is 1.90. The molecule has 1 atom stereocenters. The van der Waals surface area contributed by atoms with Gasteiger partial charge in [-0.05, 0) is 54.7 Å². The zero-order chi connectivity index (χ0) is 24.5. The monoisotopic (exact) mass is 475 g/mol. The van der Waals surface area contributed by atoms with Crippen molar-refractivity contribution in [3.8, 4) is 16.9 Å². The molecule has 1 aliphatic rings. The zero-order valence-electron chi connectivity index (χ0n) is 20.0. The summed E-state index contributed by atoms with van der Waals surface area (Å²) in [5.74, 6) is -0.375. The Morgan fingerprint density at radius 3 is 2.59 bits per heavy atom. The molecule has 0 bridgehead atoms. The van der Waals surface area contributed by atoms with Crippen molar-refractivity contribution < 1.29 is 9.53 Å². The Kier molecular flexibility index (Phi) is 6.52. The molecule has 1 unspecified atom stereocenters. The van der Waals surface area contributed by atoms with E-state index in [1.165, 1.54) is 5.56 Å². The Morgan fingerprint density at radius 2 is 1.91 bits per heavy atom. The maximum Gasteiger partial charge on any atom is 0.338 e. The minimum Gasteiger partial charge on any atom is -0.463 e. The molecule has 176 valence electrons. The van der Waals surface area contributed by atoms with Crippen LogP contribution < -0.4 is 10.6 Å². The van der Waals surface area contributed by atoms with Crippen molar-refractivity contribution in [3.05, 3.63) is 77.1 Å². The van der Waals surface area contributed by atoms with Gasteiger partial charge in [0.05, 0.1) is 30.1 Å². The van der Waals surface area contributed by atoms with Crippen molar-refractivity contribution in [2.24, 2.45) is 0 Å². The molecule has 1 aliphatic heterocycles. The number of ether oxygens (including phenoxy) is 1. The lowest BCUT2D eigenvalue weighted by molar-refractivity contribution is -0.139. The lowest BCUT2D eigenvalue weighted by Gasteiger charge is -2.30. The Morgan fingerprint density at radius 1 is 1.18 bits per heavy atom. The van der Waals surface area contributed by atoms with E-state index in [4.69, 9.17) is 17.0 Å². The molecule has 0 fully saturated rings. The zero-order valence-corrected chi connectivity index (χ0v) is 20.9. The van der Waals surface area contributed by atoms with Crippen LogP contribution >= 0.6 is 12.2 Å². The minimum absolute atomic E-state index is 0.0940. The van der Waals surface area contributed by atoms with Crippen molar-refractivity contribution in [1.82, 2.24) is 25.6 Å². The lowest BCUT2D eigenvalue weighted by Crippen LogP contribution is -2.45. The van der Waals surface area contributed by atoms with E-state index in [9.17, 15) is 4.79 Å². The number of hydrogen-bond acceptors (Lipinski definition) is 5. The molecule has 0 amide bonds. The van der Waals surface area contributed by atoms with Gasteiger partial charge in [0.1, 0.15) is 5.69 Å². The number of esters is 1. The molecule has 2 N–H and O–H groups in total. The molecule has 2 heterocycles. The van der Waals surface area contributed by atoms with E-state index < -0.39 is 6.04 Å². The van der Waals surface area contributed by atoms with Gasteiger partial charge in [0.15, 0.2) is 5.11 Å². The maximum atomic E-state index is 12.7. The Labute approximate surface area is 205 Å². The van der Waals surface area contributed by atoms with Gasteiger partial charge in [-0.25, -0.2) is 9.48 Å². The number of nitrogens with zero attached hydrogens (tertiary/aromatic N) is 3. The van der Waals surface area contributed by atoms with Crippen molar-refractivity contribution in [2.75, 3.05) is 6.61 Å². The van der Waals surface area contributed by atoms with E-state index in [0.717, 1.165) is 22.5 Å². The highest BCUT2D eigenvalue weighted by atomic mass is 32.1. The quantitative estimate of drug-likeness (QED) is 0.413. The van der Waals surface area contributed by atoms with Crippen LogP contribution in [0.5, 0.6) is 0 Å². The summed E-state index contributed by atoms with van der Waals surface area (Å²) in [6, 6.07) is 15.8. The fourth-order valence-electron chi connectivity index (χ4n) is 3.93. The molecule has 0 saturated carbocycles. The van der Waals surface area contributed by atoms with Crippen molar-refractivity contribution in [1.29, 1.82) is 0 Å².